The second-order valence-corrected chi connectivity index (χ2v) is 5.75. The number of hydrogen-bond donors (Lipinski definition) is 3. The highest BCUT2D eigenvalue weighted by Crippen LogP contribution is 2.24. The molecule has 0 saturated carbocycles. The second-order valence-electron chi connectivity index (χ2n) is 5.32. The standard InChI is InChI=1S/C18H14ClFN4O/c19-11-1-2-14(20)12(6-11)18(22)13(7-21)15-3-4-16-17(24-15)5-10(9-25)8-23-16/h1-8,22,25H,9,21H2/b13-7-,22-18?. The molecule has 0 saturated heterocycles. The van der Waals surface area contributed by atoms with Crippen LogP contribution in [0.4, 0.5) is 4.39 Å². The van der Waals surface area contributed by atoms with E-state index in [-0.39, 0.29) is 23.5 Å². The van der Waals surface area contributed by atoms with E-state index >= 15 is 0 Å². The van der Waals surface area contributed by atoms with E-state index in [1.807, 2.05) is 0 Å². The van der Waals surface area contributed by atoms with Gasteiger partial charge in [0, 0.05) is 28.6 Å². The van der Waals surface area contributed by atoms with Crippen LogP contribution in [0.3, 0.4) is 0 Å². The molecule has 5 nitrogen and oxygen atoms in total. The molecular weight excluding hydrogens is 343 g/mol. The molecule has 4 N–H and O–H groups in total. The number of aliphatic hydroxyl groups is 1. The van der Waals surface area contributed by atoms with Gasteiger partial charge in [0.1, 0.15) is 5.82 Å². The van der Waals surface area contributed by atoms with E-state index in [0.29, 0.717) is 27.3 Å². The van der Waals surface area contributed by atoms with Crippen LogP contribution >= 0.6 is 11.6 Å². The van der Waals surface area contributed by atoms with E-state index in [2.05, 4.69) is 9.97 Å². The van der Waals surface area contributed by atoms with Gasteiger partial charge in [-0.15, -0.1) is 0 Å². The highest BCUT2D eigenvalue weighted by Gasteiger charge is 2.16. The largest absolute Gasteiger partial charge is 0.404 e. The van der Waals surface area contributed by atoms with E-state index in [0.717, 1.165) is 0 Å². The Morgan fingerprint density at radius 1 is 1.24 bits per heavy atom. The van der Waals surface area contributed by atoms with Crippen LogP contribution in [0.5, 0.6) is 0 Å². The SMILES string of the molecule is N=C(/C(=C\N)c1ccc2ncc(CO)cc2n1)c1cc(Cl)ccc1F. The first-order valence-corrected chi connectivity index (χ1v) is 7.74. The number of nitrogens with zero attached hydrogens (tertiary/aromatic N) is 2. The Kier molecular flexibility index (Phi) is 4.74. The Labute approximate surface area is 148 Å². The fourth-order valence-corrected chi connectivity index (χ4v) is 2.59. The molecule has 1 aromatic carbocycles. The lowest BCUT2D eigenvalue weighted by atomic mass is 9.99. The van der Waals surface area contributed by atoms with Crippen molar-refractivity contribution in [1.82, 2.24) is 9.97 Å². The van der Waals surface area contributed by atoms with Gasteiger partial charge in [0.15, 0.2) is 0 Å². The molecule has 0 aliphatic heterocycles. The molecule has 7 heteroatoms. The average Bonchev–Trinajstić information content (AvgIpc) is 2.63. The number of aliphatic hydroxyl groups excluding tert-OH is 1. The second kappa shape index (κ2) is 6.96. The van der Waals surface area contributed by atoms with Gasteiger partial charge in [0.2, 0.25) is 0 Å². The van der Waals surface area contributed by atoms with Gasteiger partial charge < -0.3 is 10.8 Å². The van der Waals surface area contributed by atoms with Gasteiger partial charge in [-0.1, -0.05) is 11.6 Å². The third kappa shape index (κ3) is 3.35. The molecule has 0 aliphatic rings. The molecule has 3 rings (SSSR count). The van der Waals surface area contributed by atoms with E-state index in [1.165, 1.54) is 24.4 Å². The lowest BCUT2D eigenvalue weighted by Gasteiger charge is -2.11. The summed E-state index contributed by atoms with van der Waals surface area (Å²) in [5.41, 5.74) is 8.05. The number of pyridine rings is 2. The summed E-state index contributed by atoms with van der Waals surface area (Å²) >= 11 is 5.90. The summed E-state index contributed by atoms with van der Waals surface area (Å²) < 4.78 is 14.1. The van der Waals surface area contributed by atoms with Gasteiger partial charge in [0.05, 0.1) is 29.0 Å². The van der Waals surface area contributed by atoms with Gasteiger partial charge in [-0.2, -0.15) is 0 Å². The number of fused-ring (bicyclic) bond motifs is 1. The number of aromatic nitrogens is 2. The molecule has 0 bridgehead atoms. The third-order valence-electron chi connectivity index (χ3n) is 3.69. The summed E-state index contributed by atoms with van der Waals surface area (Å²) in [6, 6.07) is 9.06. The number of benzene rings is 1. The maximum Gasteiger partial charge on any atom is 0.132 e. The number of halogens is 2. The molecule has 2 heterocycles. The van der Waals surface area contributed by atoms with Crippen molar-refractivity contribution >= 4 is 33.9 Å². The summed E-state index contributed by atoms with van der Waals surface area (Å²) in [5, 5.41) is 17.9. The topological polar surface area (TPSA) is 95.9 Å². The van der Waals surface area contributed by atoms with Gasteiger partial charge in [-0.25, -0.2) is 9.37 Å². The third-order valence-corrected chi connectivity index (χ3v) is 3.92. The predicted molar refractivity (Wildman–Crippen MR) is 95.9 cm³/mol. The average molecular weight is 357 g/mol. The molecule has 0 spiro atoms. The van der Waals surface area contributed by atoms with Gasteiger partial charge in [-0.3, -0.25) is 10.4 Å². The molecule has 0 aliphatic carbocycles. The van der Waals surface area contributed by atoms with Crippen LogP contribution in [0.15, 0.2) is 48.8 Å². The Morgan fingerprint density at radius 2 is 2.04 bits per heavy atom. The van der Waals surface area contributed by atoms with Gasteiger partial charge >= 0.3 is 0 Å². The maximum absolute atomic E-state index is 14.1. The molecule has 3 aromatic rings. The van der Waals surface area contributed by atoms with Crippen molar-refractivity contribution in [3.05, 3.63) is 76.5 Å². The summed E-state index contributed by atoms with van der Waals surface area (Å²) in [6.45, 7) is -0.155. The maximum atomic E-state index is 14.1. The van der Waals surface area contributed by atoms with Crippen molar-refractivity contribution in [2.75, 3.05) is 0 Å². The fraction of sp³-hybridized carbons (Fsp3) is 0.0556. The van der Waals surface area contributed by atoms with Crippen LogP contribution < -0.4 is 5.73 Å². The van der Waals surface area contributed by atoms with E-state index < -0.39 is 5.82 Å². The molecule has 0 unspecified atom stereocenters. The highest BCUT2D eigenvalue weighted by molar-refractivity contribution is 6.33. The molecule has 2 aromatic heterocycles. The first kappa shape index (κ1) is 17.0. The Balaban J connectivity index is 2.07. The Bertz CT molecular complexity index is 1000. The van der Waals surface area contributed by atoms with Crippen LogP contribution in [-0.2, 0) is 6.61 Å². The van der Waals surface area contributed by atoms with E-state index in [4.69, 9.17) is 22.7 Å². The quantitative estimate of drug-likeness (QED) is 0.625. The Hall–Kier alpha value is -2.83. The number of hydrogen-bond acceptors (Lipinski definition) is 5. The molecular formula is C18H14ClFN4O. The van der Waals surface area contributed by atoms with Crippen LogP contribution in [0, 0.1) is 11.2 Å². The van der Waals surface area contributed by atoms with Crippen LogP contribution in [0.2, 0.25) is 5.02 Å². The molecule has 0 fully saturated rings. The summed E-state index contributed by atoms with van der Waals surface area (Å²) in [7, 11) is 0. The first-order valence-electron chi connectivity index (χ1n) is 7.36. The van der Waals surface area contributed by atoms with Crippen molar-refractivity contribution in [3.8, 4) is 0 Å². The number of rotatable bonds is 4. The van der Waals surface area contributed by atoms with Crippen LogP contribution in [-0.4, -0.2) is 20.8 Å². The normalized spacial score (nSPS) is 11.7. The fourth-order valence-electron chi connectivity index (χ4n) is 2.42. The predicted octanol–water partition coefficient (Wildman–Crippen LogP) is 3.28. The molecule has 126 valence electrons. The van der Waals surface area contributed by atoms with Gasteiger partial charge in [0.25, 0.3) is 0 Å². The van der Waals surface area contributed by atoms with Crippen LogP contribution in [0.25, 0.3) is 16.6 Å². The molecule has 25 heavy (non-hydrogen) atoms. The number of allylic oxidation sites excluding steroid dienone is 1. The lowest BCUT2D eigenvalue weighted by Crippen LogP contribution is -2.09. The molecule has 0 radical (unpaired) electrons. The zero-order valence-corrected chi connectivity index (χ0v) is 13.8. The molecule has 0 atom stereocenters. The van der Waals surface area contributed by atoms with Crippen molar-refractivity contribution in [3.63, 3.8) is 0 Å². The minimum absolute atomic E-state index is 0.0355. The van der Waals surface area contributed by atoms with Crippen LogP contribution in [0.1, 0.15) is 16.8 Å². The Morgan fingerprint density at radius 3 is 2.76 bits per heavy atom. The number of nitrogens with two attached hydrogens (primary N) is 1. The monoisotopic (exact) mass is 356 g/mol. The van der Waals surface area contributed by atoms with E-state index in [9.17, 15) is 9.50 Å². The summed E-state index contributed by atoms with van der Waals surface area (Å²) in [4.78, 5) is 8.64. The zero-order chi connectivity index (χ0) is 18.0. The summed E-state index contributed by atoms with van der Waals surface area (Å²) in [5.74, 6) is -0.571. The van der Waals surface area contributed by atoms with Crippen molar-refractivity contribution in [1.29, 1.82) is 5.41 Å². The minimum atomic E-state index is -0.571. The molecule has 0 amide bonds. The van der Waals surface area contributed by atoms with Crippen molar-refractivity contribution < 1.29 is 9.50 Å². The van der Waals surface area contributed by atoms with E-state index in [1.54, 1.807) is 24.4 Å². The summed E-state index contributed by atoms with van der Waals surface area (Å²) in [6.07, 6.45) is 2.77. The lowest BCUT2D eigenvalue weighted by molar-refractivity contribution is 0.281. The smallest absolute Gasteiger partial charge is 0.132 e. The van der Waals surface area contributed by atoms with Gasteiger partial charge in [-0.05, 0) is 42.0 Å². The van der Waals surface area contributed by atoms with Crippen molar-refractivity contribution in [2.24, 2.45) is 5.73 Å². The first-order chi connectivity index (χ1) is 12.0. The highest BCUT2D eigenvalue weighted by atomic mass is 35.5. The number of nitrogens with one attached hydrogen (secondary N) is 1. The minimum Gasteiger partial charge on any atom is -0.404 e. The zero-order valence-electron chi connectivity index (χ0n) is 13.0. The van der Waals surface area contributed by atoms with Crippen molar-refractivity contribution in [2.45, 2.75) is 6.61 Å².